The molecular formula is C11H20N4O2S. The van der Waals surface area contributed by atoms with Crippen LogP contribution in [0.3, 0.4) is 0 Å². The van der Waals surface area contributed by atoms with E-state index in [1.54, 1.807) is 4.68 Å². The minimum atomic E-state index is -3.03. The topological polar surface area (TPSA) is 90.0 Å². The summed E-state index contributed by atoms with van der Waals surface area (Å²) in [6.45, 7) is 0. The number of hydrogen-bond acceptors (Lipinski definition) is 5. The average Bonchev–Trinajstić information content (AvgIpc) is 2.72. The maximum atomic E-state index is 12.1. The number of nitrogens with one attached hydrogen (secondary N) is 1. The van der Waals surface area contributed by atoms with Gasteiger partial charge in [0.1, 0.15) is 0 Å². The normalized spacial score (nSPS) is 24.9. The van der Waals surface area contributed by atoms with E-state index in [1.807, 2.05) is 19.3 Å². The van der Waals surface area contributed by atoms with Crippen molar-refractivity contribution in [1.82, 2.24) is 15.2 Å². The molecule has 0 spiro atoms. The summed E-state index contributed by atoms with van der Waals surface area (Å²) in [7, 11) is -1.19. The fourth-order valence-corrected chi connectivity index (χ4v) is 4.64. The fraction of sp³-hybridized carbons (Fsp3) is 0.727. The van der Waals surface area contributed by atoms with Crippen LogP contribution >= 0.6 is 0 Å². The first-order valence-corrected chi connectivity index (χ1v) is 7.90. The lowest BCUT2D eigenvalue weighted by molar-refractivity contribution is 0.437. The van der Waals surface area contributed by atoms with E-state index in [0.717, 1.165) is 18.5 Å². The molecule has 2 unspecified atom stereocenters. The van der Waals surface area contributed by atoms with Crippen molar-refractivity contribution in [1.29, 1.82) is 0 Å². The van der Waals surface area contributed by atoms with Crippen molar-refractivity contribution in [3.05, 3.63) is 18.0 Å². The van der Waals surface area contributed by atoms with Gasteiger partial charge in [0.05, 0.1) is 16.7 Å². The molecule has 1 aliphatic rings. The van der Waals surface area contributed by atoms with E-state index in [9.17, 15) is 8.42 Å². The third kappa shape index (κ3) is 2.90. The summed E-state index contributed by atoms with van der Waals surface area (Å²) in [4.78, 5) is 0. The number of rotatable bonds is 4. The highest BCUT2D eigenvalue weighted by Crippen LogP contribution is 2.23. The Morgan fingerprint density at radius 3 is 2.94 bits per heavy atom. The maximum absolute atomic E-state index is 12.1. The first kappa shape index (κ1) is 13.5. The number of sulfone groups is 1. The molecule has 0 aliphatic carbocycles. The van der Waals surface area contributed by atoms with E-state index in [4.69, 9.17) is 5.84 Å². The van der Waals surface area contributed by atoms with Gasteiger partial charge < -0.3 is 0 Å². The molecule has 1 fully saturated rings. The average molecular weight is 272 g/mol. The number of aromatic nitrogens is 2. The molecule has 0 bridgehead atoms. The van der Waals surface area contributed by atoms with Crippen LogP contribution in [-0.4, -0.2) is 35.2 Å². The molecule has 2 heterocycles. The van der Waals surface area contributed by atoms with Crippen LogP contribution in [0, 0.1) is 0 Å². The number of nitrogens with zero attached hydrogens (tertiary/aromatic N) is 2. The van der Waals surface area contributed by atoms with E-state index in [2.05, 4.69) is 10.5 Å². The van der Waals surface area contributed by atoms with E-state index in [0.29, 0.717) is 12.8 Å². The second kappa shape index (κ2) is 5.38. The molecule has 102 valence electrons. The molecule has 0 amide bonds. The van der Waals surface area contributed by atoms with Crippen LogP contribution < -0.4 is 11.3 Å². The molecule has 0 aromatic carbocycles. The molecule has 7 heteroatoms. The van der Waals surface area contributed by atoms with Gasteiger partial charge in [-0.3, -0.25) is 16.0 Å². The Hall–Kier alpha value is -0.920. The summed E-state index contributed by atoms with van der Waals surface area (Å²) in [5, 5.41) is 3.88. The first-order chi connectivity index (χ1) is 8.53. The zero-order valence-corrected chi connectivity index (χ0v) is 11.4. The molecule has 0 saturated carbocycles. The van der Waals surface area contributed by atoms with Crippen LogP contribution in [0.2, 0.25) is 0 Å². The summed E-state index contributed by atoms with van der Waals surface area (Å²) in [6.07, 6.45) is 4.79. The van der Waals surface area contributed by atoms with Gasteiger partial charge in [-0.15, -0.1) is 0 Å². The van der Waals surface area contributed by atoms with Gasteiger partial charge in [-0.25, -0.2) is 8.42 Å². The predicted octanol–water partition coefficient (Wildman–Crippen LogP) is -0.238. The molecule has 1 aromatic heterocycles. The molecular weight excluding hydrogens is 252 g/mol. The van der Waals surface area contributed by atoms with Crippen molar-refractivity contribution < 1.29 is 8.42 Å². The van der Waals surface area contributed by atoms with Gasteiger partial charge in [0.25, 0.3) is 0 Å². The number of hydrogen-bond donors (Lipinski definition) is 2. The molecule has 2 rings (SSSR count). The molecule has 18 heavy (non-hydrogen) atoms. The van der Waals surface area contributed by atoms with Gasteiger partial charge in [-0.2, -0.15) is 5.10 Å². The summed E-state index contributed by atoms with van der Waals surface area (Å²) < 4.78 is 25.8. The Bertz CT molecular complexity index is 497. The maximum Gasteiger partial charge on any atom is 0.154 e. The van der Waals surface area contributed by atoms with Crippen LogP contribution in [0.15, 0.2) is 12.3 Å². The van der Waals surface area contributed by atoms with Crippen molar-refractivity contribution in [2.24, 2.45) is 12.9 Å². The smallest absolute Gasteiger partial charge is 0.154 e. The highest BCUT2D eigenvalue weighted by Gasteiger charge is 2.35. The Morgan fingerprint density at radius 1 is 1.61 bits per heavy atom. The Morgan fingerprint density at radius 2 is 2.39 bits per heavy atom. The van der Waals surface area contributed by atoms with E-state index in [-0.39, 0.29) is 11.8 Å². The molecule has 1 aliphatic heterocycles. The van der Waals surface area contributed by atoms with Crippen molar-refractivity contribution in [2.75, 3.05) is 5.75 Å². The standard InChI is InChI=1S/C11H20N4O2S/c1-15-6-5-9(14-15)8-10(13-12)11-4-2-3-7-18(11,16)17/h5-6,10-11,13H,2-4,7-8,12H2,1H3. The highest BCUT2D eigenvalue weighted by molar-refractivity contribution is 7.92. The van der Waals surface area contributed by atoms with Gasteiger partial charge in [-0.05, 0) is 18.9 Å². The quantitative estimate of drug-likeness (QED) is 0.583. The van der Waals surface area contributed by atoms with Crippen molar-refractivity contribution in [3.63, 3.8) is 0 Å². The molecule has 3 N–H and O–H groups in total. The molecule has 2 atom stereocenters. The van der Waals surface area contributed by atoms with Gasteiger partial charge >= 0.3 is 0 Å². The lowest BCUT2D eigenvalue weighted by atomic mass is 10.0. The van der Waals surface area contributed by atoms with Crippen LogP contribution in [0.1, 0.15) is 25.0 Å². The second-order valence-corrected chi connectivity index (χ2v) is 7.20. The molecule has 1 aromatic rings. The Labute approximate surface area is 107 Å². The van der Waals surface area contributed by atoms with Crippen LogP contribution in [0.25, 0.3) is 0 Å². The zero-order valence-electron chi connectivity index (χ0n) is 10.5. The van der Waals surface area contributed by atoms with Crippen molar-refractivity contribution >= 4 is 9.84 Å². The summed E-state index contributed by atoms with van der Waals surface area (Å²) >= 11 is 0. The van der Waals surface area contributed by atoms with Gasteiger partial charge in [0.15, 0.2) is 9.84 Å². The SMILES string of the molecule is Cn1ccc(CC(NN)C2CCCCS2(=O)=O)n1. The Kier molecular flexibility index (Phi) is 4.04. The number of nitrogens with two attached hydrogens (primary N) is 1. The summed E-state index contributed by atoms with van der Waals surface area (Å²) in [5.74, 6) is 5.81. The monoisotopic (exact) mass is 272 g/mol. The van der Waals surface area contributed by atoms with Gasteiger partial charge in [0, 0.05) is 25.7 Å². The fourth-order valence-electron chi connectivity index (χ4n) is 2.53. The van der Waals surface area contributed by atoms with Crippen molar-refractivity contribution in [3.8, 4) is 0 Å². The minimum Gasteiger partial charge on any atom is -0.276 e. The minimum absolute atomic E-state index is 0.259. The van der Waals surface area contributed by atoms with Gasteiger partial charge in [-0.1, -0.05) is 6.42 Å². The molecule has 0 radical (unpaired) electrons. The predicted molar refractivity (Wildman–Crippen MR) is 69.4 cm³/mol. The second-order valence-electron chi connectivity index (χ2n) is 4.86. The Balaban J connectivity index is 2.12. The van der Waals surface area contributed by atoms with E-state index < -0.39 is 15.1 Å². The highest BCUT2D eigenvalue weighted by atomic mass is 32.2. The van der Waals surface area contributed by atoms with Crippen LogP contribution in [0.4, 0.5) is 0 Å². The lowest BCUT2D eigenvalue weighted by Crippen LogP contribution is -2.50. The largest absolute Gasteiger partial charge is 0.276 e. The van der Waals surface area contributed by atoms with Gasteiger partial charge in [0.2, 0.25) is 0 Å². The lowest BCUT2D eigenvalue weighted by Gasteiger charge is -2.29. The summed E-state index contributed by atoms with van der Waals surface area (Å²) in [6, 6.07) is 1.63. The molecule has 1 saturated heterocycles. The van der Waals surface area contributed by atoms with Crippen LogP contribution in [0.5, 0.6) is 0 Å². The van der Waals surface area contributed by atoms with E-state index >= 15 is 0 Å². The van der Waals surface area contributed by atoms with Crippen molar-refractivity contribution in [2.45, 2.75) is 37.0 Å². The third-order valence-corrected chi connectivity index (χ3v) is 5.83. The summed E-state index contributed by atoms with van der Waals surface area (Å²) in [5.41, 5.74) is 3.52. The third-order valence-electron chi connectivity index (χ3n) is 3.49. The zero-order chi connectivity index (χ0) is 13.2. The number of aryl methyl sites for hydroxylation is 1. The van der Waals surface area contributed by atoms with E-state index in [1.165, 1.54) is 0 Å². The van der Waals surface area contributed by atoms with Crippen LogP contribution in [-0.2, 0) is 23.3 Å². The molecule has 6 nitrogen and oxygen atoms in total. The first-order valence-electron chi connectivity index (χ1n) is 6.19. The number of hydrazine groups is 1.